The molecular formula is C19H14INO5. The monoisotopic (exact) mass is 463 g/mol. The molecule has 0 N–H and O–H groups in total. The van der Waals surface area contributed by atoms with Crippen molar-refractivity contribution in [2.75, 3.05) is 7.11 Å². The average Bonchev–Trinajstić information content (AvgIpc) is 2.97. The second-order valence-electron chi connectivity index (χ2n) is 5.35. The maximum atomic E-state index is 12.1. The van der Waals surface area contributed by atoms with Crippen molar-refractivity contribution in [2.45, 2.75) is 6.92 Å². The maximum absolute atomic E-state index is 12.1. The van der Waals surface area contributed by atoms with Crippen LogP contribution in [0.5, 0.6) is 11.5 Å². The minimum Gasteiger partial charge on any atom is -0.493 e. The van der Waals surface area contributed by atoms with Gasteiger partial charge in [-0.2, -0.15) is 0 Å². The standard InChI is InChI=1S/C19H14INO5/c1-11(22)25-16-8-3-12(10-17(16)24-2)9-15-19(23)26-18(21-15)13-4-6-14(20)7-5-13/h3-10H,1-2H3. The summed E-state index contributed by atoms with van der Waals surface area (Å²) in [5.41, 5.74) is 1.57. The molecule has 0 spiro atoms. The Balaban J connectivity index is 1.90. The summed E-state index contributed by atoms with van der Waals surface area (Å²) in [6.07, 6.45) is 1.59. The molecule has 3 rings (SSSR count). The molecule has 0 saturated carbocycles. The molecule has 0 radical (unpaired) electrons. The lowest BCUT2D eigenvalue weighted by Crippen LogP contribution is -2.05. The molecule has 0 saturated heterocycles. The van der Waals surface area contributed by atoms with Gasteiger partial charge in [0.25, 0.3) is 0 Å². The number of hydrogen-bond acceptors (Lipinski definition) is 6. The summed E-state index contributed by atoms with van der Waals surface area (Å²) in [4.78, 5) is 27.5. The number of carbonyl (C=O) groups excluding carboxylic acids is 2. The van der Waals surface area contributed by atoms with Gasteiger partial charge in [-0.25, -0.2) is 9.79 Å². The van der Waals surface area contributed by atoms with Gasteiger partial charge in [-0.3, -0.25) is 4.79 Å². The molecule has 0 atom stereocenters. The fourth-order valence-electron chi connectivity index (χ4n) is 2.30. The fraction of sp³-hybridized carbons (Fsp3) is 0.105. The molecule has 7 heteroatoms. The number of methoxy groups -OCH3 is 1. The van der Waals surface area contributed by atoms with Crippen molar-refractivity contribution in [3.63, 3.8) is 0 Å². The molecule has 26 heavy (non-hydrogen) atoms. The highest BCUT2D eigenvalue weighted by Crippen LogP contribution is 2.30. The van der Waals surface area contributed by atoms with Crippen molar-refractivity contribution < 1.29 is 23.8 Å². The predicted molar refractivity (Wildman–Crippen MR) is 104 cm³/mol. The van der Waals surface area contributed by atoms with Crippen LogP contribution in [-0.4, -0.2) is 24.9 Å². The highest BCUT2D eigenvalue weighted by Gasteiger charge is 2.24. The van der Waals surface area contributed by atoms with Crippen molar-refractivity contribution in [1.82, 2.24) is 0 Å². The summed E-state index contributed by atoms with van der Waals surface area (Å²) in [6, 6.07) is 12.4. The van der Waals surface area contributed by atoms with E-state index in [1.54, 1.807) is 24.3 Å². The molecule has 1 aliphatic rings. The Morgan fingerprint density at radius 1 is 1.15 bits per heavy atom. The van der Waals surface area contributed by atoms with Crippen LogP contribution in [0.25, 0.3) is 6.08 Å². The Morgan fingerprint density at radius 3 is 2.54 bits per heavy atom. The topological polar surface area (TPSA) is 74.2 Å². The van der Waals surface area contributed by atoms with Crippen LogP contribution in [0.15, 0.2) is 53.2 Å². The quantitative estimate of drug-likeness (QED) is 0.300. The largest absolute Gasteiger partial charge is 0.493 e. The van der Waals surface area contributed by atoms with E-state index >= 15 is 0 Å². The summed E-state index contributed by atoms with van der Waals surface area (Å²) < 4.78 is 16.6. The summed E-state index contributed by atoms with van der Waals surface area (Å²) >= 11 is 2.20. The van der Waals surface area contributed by atoms with Crippen molar-refractivity contribution in [1.29, 1.82) is 0 Å². The van der Waals surface area contributed by atoms with Crippen LogP contribution in [0.1, 0.15) is 18.1 Å². The number of cyclic esters (lactones) is 1. The molecule has 1 heterocycles. The Kier molecular flexibility index (Phi) is 5.36. The van der Waals surface area contributed by atoms with Crippen LogP contribution in [-0.2, 0) is 14.3 Å². The molecule has 6 nitrogen and oxygen atoms in total. The Hall–Kier alpha value is -2.68. The van der Waals surface area contributed by atoms with E-state index in [-0.39, 0.29) is 11.6 Å². The van der Waals surface area contributed by atoms with E-state index in [0.717, 1.165) is 9.13 Å². The number of hydrogen-bond donors (Lipinski definition) is 0. The van der Waals surface area contributed by atoms with Gasteiger partial charge >= 0.3 is 11.9 Å². The molecular weight excluding hydrogens is 449 g/mol. The molecule has 0 aliphatic carbocycles. The van der Waals surface area contributed by atoms with Gasteiger partial charge < -0.3 is 14.2 Å². The molecule has 2 aromatic rings. The minimum absolute atomic E-state index is 0.181. The summed E-state index contributed by atoms with van der Waals surface area (Å²) in [6.45, 7) is 1.31. The summed E-state index contributed by atoms with van der Waals surface area (Å²) in [7, 11) is 1.47. The number of aliphatic imine (C=N–C) groups is 1. The summed E-state index contributed by atoms with van der Waals surface area (Å²) in [5.74, 6) is -0.0229. The second-order valence-corrected chi connectivity index (χ2v) is 6.59. The van der Waals surface area contributed by atoms with Crippen molar-refractivity contribution >= 4 is 46.5 Å². The van der Waals surface area contributed by atoms with Gasteiger partial charge in [0.15, 0.2) is 17.2 Å². The molecule has 0 aromatic heterocycles. The van der Waals surface area contributed by atoms with Crippen LogP contribution < -0.4 is 9.47 Å². The van der Waals surface area contributed by atoms with Gasteiger partial charge in [0.05, 0.1) is 7.11 Å². The zero-order chi connectivity index (χ0) is 18.7. The average molecular weight is 463 g/mol. The van der Waals surface area contributed by atoms with Gasteiger partial charge in [0, 0.05) is 16.1 Å². The number of nitrogens with zero attached hydrogens (tertiary/aromatic N) is 1. The van der Waals surface area contributed by atoms with Crippen LogP contribution in [0.3, 0.4) is 0 Å². The zero-order valence-corrected chi connectivity index (χ0v) is 16.1. The number of esters is 2. The van der Waals surface area contributed by atoms with E-state index in [1.165, 1.54) is 14.0 Å². The van der Waals surface area contributed by atoms with Crippen LogP contribution in [0.2, 0.25) is 0 Å². The van der Waals surface area contributed by atoms with Crippen LogP contribution >= 0.6 is 22.6 Å². The minimum atomic E-state index is -0.526. The van der Waals surface area contributed by atoms with Crippen LogP contribution in [0, 0.1) is 3.57 Å². The van der Waals surface area contributed by atoms with Crippen molar-refractivity contribution in [2.24, 2.45) is 4.99 Å². The smallest absolute Gasteiger partial charge is 0.363 e. The molecule has 0 fully saturated rings. The first-order valence-corrected chi connectivity index (χ1v) is 8.69. The Morgan fingerprint density at radius 2 is 1.88 bits per heavy atom. The molecule has 0 unspecified atom stereocenters. The van der Waals surface area contributed by atoms with E-state index in [2.05, 4.69) is 27.6 Å². The van der Waals surface area contributed by atoms with Gasteiger partial charge in [-0.05, 0) is 70.6 Å². The lowest BCUT2D eigenvalue weighted by Gasteiger charge is -2.08. The number of ether oxygens (including phenoxy) is 3. The van der Waals surface area contributed by atoms with Crippen molar-refractivity contribution in [3.8, 4) is 11.5 Å². The fourth-order valence-corrected chi connectivity index (χ4v) is 2.66. The van der Waals surface area contributed by atoms with Gasteiger partial charge in [-0.1, -0.05) is 6.07 Å². The lowest BCUT2D eigenvalue weighted by molar-refractivity contribution is -0.132. The number of carbonyl (C=O) groups is 2. The highest BCUT2D eigenvalue weighted by atomic mass is 127. The molecule has 132 valence electrons. The Labute approximate surface area is 163 Å². The maximum Gasteiger partial charge on any atom is 0.363 e. The van der Waals surface area contributed by atoms with Gasteiger partial charge in [0.2, 0.25) is 5.90 Å². The number of halogens is 1. The molecule has 0 bridgehead atoms. The normalized spacial score (nSPS) is 14.8. The Bertz CT molecular complexity index is 931. The second kappa shape index (κ2) is 7.69. The van der Waals surface area contributed by atoms with E-state index in [4.69, 9.17) is 14.2 Å². The first kappa shape index (κ1) is 18.1. The molecule has 1 aliphatic heterocycles. The van der Waals surface area contributed by atoms with E-state index in [0.29, 0.717) is 17.1 Å². The highest BCUT2D eigenvalue weighted by molar-refractivity contribution is 14.1. The number of benzene rings is 2. The lowest BCUT2D eigenvalue weighted by atomic mass is 10.1. The molecule has 2 aromatic carbocycles. The first-order chi connectivity index (χ1) is 12.5. The SMILES string of the molecule is COc1cc(C=C2N=C(c3ccc(I)cc3)OC2=O)ccc1OC(C)=O. The van der Waals surface area contributed by atoms with Crippen molar-refractivity contribution in [3.05, 3.63) is 62.9 Å². The third-order valence-electron chi connectivity index (χ3n) is 3.46. The number of rotatable bonds is 4. The first-order valence-electron chi connectivity index (χ1n) is 7.61. The summed E-state index contributed by atoms with van der Waals surface area (Å²) in [5, 5.41) is 0. The third-order valence-corrected chi connectivity index (χ3v) is 4.18. The molecule has 0 amide bonds. The predicted octanol–water partition coefficient (Wildman–Crippen LogP) is 3.57. The van der Waals surface area contributed by atoms with E-state index < -0.39 is 11.9 Å². The van der Waals surface area contributed by atoms with E-state index in [1.807, 2.05) is 24.3 Å². The zero-order valence-electron chi connectivity index (χ0n) is 14.0. The van der Waals surface area contributed by atoms with E-state index in [9.17, 15) is 9.59 Å². The van der Waals surface area contributed by atoms with Gasteiger partial charge in [0.1, 0.15) is 0 Å². The van der Waals surface area contributed by atoms with Crippen LogP contribution in [0.4, 0.5) is 0 Å². The van der Waals surface area contributed by atoms with Gasteiger partial charge in [-0.15, -0.1) is 0 Å². The third kappa shape index (κ3) is 4.10.